The van der Waals surface area contributed by atoms with Crippen molar-refractivity contribution in [1.29, 1.82) is 0 Å². The number of rotatable bonds is 8. The van der Waals surface area contributed by atoms with Gasteiger partial charge in [-0.2, -0.15) is 0 Å². The van der Waals surface area contributed by atoms with E-state index in [1.807, 2.05) is 0 Å². The van der Waals surface area contributed by atoms with E-state index in [-0.39, 0.29) is 21.1 Å². The van der Waals surface area contributed by atoms with Crippen LogP contribution in [0.3, 0.4) is 0 Å². The largest absolute Gasteiger partial charge is 0.298 e. The van der Waals surface area contributed by atoms with Crippen LogP contribution in [0.2, 0.25) is 8.87 Å². The number of aldehydes is 2. The predicted molar refractivity (Wildman–Crippen MR) is 88.0 cm³/mol. The van der Waals surface area contributed by atoms with E-state index >= 15 is 0 Å². The van der Waals surface area contributed by atoms with Crippen LogP contribution in [0.4, 0.5) is 0 Å². The molecular formula is C12H23NO2S2Sn. The Labute approximate surface area is 131 Å². The van der Waals surface area contributed by atoms with Crippen molar-refractivity contribution in [3.8, 4) is 0 Å². The molecule has 2 N–H and O–H groups in total. The van der Waals surface area contributed by atoms with E-state index in [2.05, 4.69) is 38.3 Å². The number of carbonyl (C=O) groups excluding carboxylic acids is 2. The van der Waals surface area contributed by atoms with Crippen LogP contribution < -0.4 is 5.73 Å². The van der Waals surface area contributed by atoms with E-state index in [1.165, 1.54) is 23.7 Å². The fourth-order valence-electron chi connectivity index (χ4n) is 0.893. The molecule has 0 saturated carbocycles. The summed E-state index contributed by atoms with van der Waals surface area (Å²) in [5, 5.41) is 2.06. The van der Waals surface area contributed by atoms with Crippen LogP contribution in [0, 0.1) is 0 Å². The molecule has 1 atom stereocenters. The molecule has 0 aromatic heterocycles. The minimum atomic E-state index is 0.100. The van der Waals surface area contributed by atoms with E-state index < -0.39 is 0 Å². The van der Waals surface area contributed by atoms with Crippen molar-refractivity contribution in [3.05, 3.63) is 0 Å². The minimum Gasteiger partial charge on any atom is -0.298 e. The summed E-state index contributed by atoms with van der Waals surface area (Å²) in [6, 6.07) is 0.423. The number of nitrogens with two attached hydrogens (primary N) is 1. The number of carbonyl (C=O) groups is 2. The van der Waals surface area contributed by atoms with Gasteiger partial charge in [-0.05, 0) is 0 Å². The van der Waals surface area contributed by atoms with Gasteiger partial charge in [-0.15, -0.1) is 0 Å². The molecule has 0 aromatic rings. The van der Waals surface area contributed by atoms with Crippen molar-refractivity contribution in [2.45, 2.75) is 48.0 Å². The van der Waals surface area contributed by atoms with Crippen LogP contribution in [0.15, 0.2) is 0 Å². The molecule has 3 nitrogen and oxygen atoms in total. The standard InChI is InChI=1S/C6H14N.2C2H2OS.C2H5.Sn/c1-3-4-5-6(2)7;2*3-1-2-4;1-2;/h6H,1,3-5,7H2,2H3;2*1-2H;1H2,2H3;. The van der Waals surface area contributed by atoms with Crippen molar-refractivity contribution in [3.63, 3.8) is 0 Å². The first-order chi connectivity index (χ1) is 8.60. The number of thiocarbonyl (C=S) groups is 2. The van der Waals surface area contributed by atoms with Gasteiger partial charge in [-0.25, -0.2) is 0 Å². The van der Waals surface area contributed by atoms with Crippen molar-refractivity contribution < 1.29 is 9.59 Å². The monoisotopic (exact) mass is 397 g/mol. The summed E-state index contributed by atoms with van der Waals surface area (Å²) < 4.78 is 3.06. The van der Waals surface area contributed by atoms with Gasteiger partial charge in [-0.1, -0.05) is 24.4 Å². The summed E-state index contributed by atoms with van der Waals surface area (Å²) in [4.78, 5) is 18.0. The third kappa shape index (κ3) is 44.1. The smallest absolute Gasteiger partial charge is 0.153 e. The summed E-state index contributed by atoms with van der Waals surface area (Å²) in [6.45, 7) is 4.41. The van der Waals surface area contributed by atoms with E-state index in [0.29, 0.717) is 18.6 Å². The van der Waals surface area contributed by atoms with Crippen LogP contribution in [0.5, 0.6) is 0 Å². The summed E-state index contributed by atoms with van der Waals surface area (Å²) in [6.07, 6.45) is 5.16. The minimum absolute atomic E-state index is 0.100. The van der Waals surface area contributed by atoms with Crippen LogP contribution in [-0.2, 0) is 9.59 Å². The van der Waals surface area contributed by atoms with Gasteiger partial charge < -0.3 is 0 Å². The molecule has 0 aliphatic carbocycles. The molecule has 0 aromatic carbocycles. The molecule has 1 unspecified atom stereocenters. The van der Waals surface area contributed by atoms with Gasteiger partial charge in [0.2, 0.25) is 0 Å². The first-order valence-electron chi connectivity index (χ1n) is 5.84. The second-order valence-corrected chi connectivity index (χ2v) is 8.79. The van der Waals surface area contributed by atoms with E-state index in [0.717, 1.165) is 10.7 Å². The molecule has 18 heavy (non-hydrogen) atoms. The Balaban J connectivity index is -0.000000233. The van der Waals surface area contributed by atoms with Crippen molar-refractivity contribution >= 4 is 68.9 Å². The maximum absolute atomic E-state index is 9.01. The zero-order valence-electron chi connectivity index (χ0n) is 11.1. The van der Waals surface area contributed by atoms with Crippen molar-refractivity contribution in [1.82, 2.24) is 0 Å². The van der Waals surface area contributed by atoms with Gasteiger partial charge in [0.1, 0.15) is 0 Å². The third-order valence-electron chi connectivity index (χ3n) is 1.62. The summed E-state index contributed by atoms with van der Waals surface area (Å²) in [7, 11) is 0. The predicted octanol–water partition coefficient (Wildman–Crippen LogP) is 2.43. The van der Waals surface area contributed by atoms with Crippen LogP contribution >= 0.6 is 24.4 Å². The Hall–Kier alpha value is 0.279. The zero-order valence-corrected chi connectivity index (χ0v) is 15.6. The summed E-state index contributed by atoms with van der Waals surface area (Å²) in [5.41, 5.74) is 5.62. The number of hydrogen-bond acceptors (Lipinski definition) is 5. The molecule has 0 rings (SSSR count). The Morgan fingerprint density at radius 3 is 1.89 bits per heavy atom. The molecule has 0 bridgehead atoms. The fraction of sp³-hybridized carbons (Fsp3) is 0.667. The Bertz CT molecular complexity index is 179. The third-order valence-corrected chi connectivity index (χ3v) is 5.29. The Morgan fingerprint density at radius 2 is 1.61 bits per heavy atom. The summed E-state index contributed by atoms with van der Waals surface area (Å²) >= 11 is 8.22. The first kappa shape index (κ1) is 23.4. The van der Waals surface area contributed by atoms with Crippen molar-refractivity contribution in [2.24, 2.45) is 5.73 Å². The molecule has 6 heteroatoms. The molecule has 0 spiro atoms. The fourth-order valence-corrected chi connectivity index (χ4v) is 3.33. The van der Waals surface area contributed by atoms with Gasteiger partial charge in [0, 0.05) is 10.7 Å². The van der Waals surface area contributed by atoms with Crippen LogP contribution in [0.25, 0.3) is 0 Å². The van der Waals surface area contributed by atoms with Gasteiger partial charge >= 0.3 is 74.9 Å². The second kappa shape index (κ2) is 26.0. The summed E-state index contributed by atoms with van der Waals surface area (Å²) in [5.74, 6) is 0. The molecular weight excluding hydrogens is 373 g/mol. The second-order valence-electron chi connectivity index (χ2n) is 3.37. The Kier molecular flexibility index (Phi) is 33.7. The van der Waals surface area contributed by atoms with Gasteiger partial charge in [0.05, 0.1) is 0 Å². The maximum Gasteiger partial charge on any atom is 0.153 e. The SMILES string of the molecule is C[CH2][Sn][CH2]CCCC(C)N.O=CC=S.O=CC=S. The molecule has 0 aliphatic heterocycles. The molecule has 0 aliphatic rings. The molecule has 2 radical (unpaired) electrons. The first-order valence-corrected chi connectivity index (χ1v) is 10.8. The molecule has 0 amide bonds. The van der Waals surface area contributed by atoms with Gasteiger partial charge in [0.25, 0.3) is 0 Å². The van der Waals surface area contributed by atoms with E-state index in [9.17, 15) is 0 Å². The normalized spacial score (nSPS) is 9.72. The Morgan fingerprint density at radius 1 is 1.17 bits per heavy atom. The van der Waals surface area contributed by atoms with Gasteiger partial charge in [-0.3, -0.25) is 9.59 Å². The number of unbranched alkanes of at least 4 members (excludes halogenated alkanes) is 1. The van der Waals surface area contributed by atoms with Crippen molar-refractivity contribution in [2.75, 3.05) is 0 Å². The zero-order chi connectivity index (χ0) is 14.6. The number of hydrogen-bond donors (Lipinski definition) is 1. The quantitative estimate of drug-likeness (QED) is 0.296. The molecule has 0 saturated heterocycles. The average Bonchev–Trinajstić information content (AvgIpc) is 2.39. The van der Waals surface area contributed by atoms with Gasteiger partial charge in [0.15, 0.2) is 12.6 Å². The molecule has 0 fully saturated rings. The molecule has 104 valence electrons. The molecule has 0 heterocycles. The van der Waals surface area contributed by atoms with Crippen LogP contribution in [0.1, 0.15) is 33.1 Å². The van der Waals surface area contributed by atoms with Crippen LogP contribution in [-0.4, -0.2) is 50.5 Å². The van der Waals surface area contributed by atoms with E-state index in [4.69, 9.17) is 15.3 Å². The topological polar surface area (TPSA) is 60.2 Å². The maximum atomic E-state index is 9.01. The average molecular weight is 396 g/mol. The van der Waals surface area contributed by atoms with E-state index in [1.54, 1.807) is 4.44 Å².